The van der Waals surface area contributed by atoms with E-state index in [4.69, 9.17) is 10.2 Å². The van der Waals surface area contributed by atoms with Crippen molar-refractivity contribution in [2.45, 2.75) is 6.42 Å². The molecule has 0 aromatic carbocycles. The zero-order valence-corrected chi connectivity index (χ0v) is 7.71. The maximum atomic E-state index is 8.12. The maximum absolute atomic E-state index is 8.12. The molecule has 2 N–H and O–H groups in total. The van der Waals surface area contributed by atoms with Crippen LogP contribution in [-0.4, -0.2) is 21.9 Å². The minimum absolute atomic E-state index is 0. The van der Waals surface area contributed by atoms with Crippen molar-refractivity contribution in [2.75, 3.05) is 6.61 Å². The fourth-order valence-electron chi connectivity index (χ4n) is 0.0956. The zero-order valence-electron chi connectivity index (χ0n) is 3.92. The Hall–Kier alpha value is 0.473. The Morgan fingerprint density at radius 2 is 2.00 bits per heavy atom. The van der Waals surface area contributed by atoms with Crippen molar-refractivity contribution in [2.24, 2.45) is 0 Å². The number of hydrogen-bond donors (Lipinski definition) is 2. The minimum Gasteiger partial charge on any atom is -0.502 e. The van der Waals surface area contributed by atoms with E-state index in [1.165, 1.54) is 0 Å². The van der Waals surface area contributed by atoms with E-state index in [0.29, 0.717) is 0 Å². The number of aliphatic hydroxyl groups is 2. The Kier molecular flexibility index (Phi) is 9.67. The number of hydrogen-bond acceptors (Lipinski definition) is 2. The van der Waals surface area contributed by atoms with Gasteiger partial charge in [-0.15, -0.1) is 0 Å². The predicted molar refractivity (Wildman–Crippen MR) is 26.9 cm³/mol. The van der Waals surface area contributed by atoms with Crippen molar-refractivity contribution >= 4 is 17.3 Å². The third-order valence-corrected chi connectivity index (χ3v) is 0.530. The van der Waals surface area contributed by atoms with Crippen molar-refractivity contribution in [1.82, 2.24) is 0 Å². The van der Waals surface area contributed by atoms with Crippen LogP contribution in [0.15, 0.2) is 0 Å². The van der Waals surface area contributed by atoms with Crippen LogP contribution in [0.5, 0.6) is 0 Å². The number of aliphatic hydroxyl groups excluding tert-OH is 2. The van der Waals surface area contributed by atoms with Crippen molar-refractivity contribution < 1.29 is 29.7 Å². The first-order chi connectivity index (χ1) is 2.77. The van der Waals surface area contributed by atoms with Crippen LogP contribution in [-0.2, 0) is 19.5 Å². The molecule has 0 saturated carbocycles. The summed E-state index contributed by atoms with van der Waals surface area (Å²) >= 11 is 4.19. The van der Waals surface area contributed by atoms with Crippen molar-refractivity contribution in [3.63, 3.8) is 0 Å². The topological polar surface area (TPSA) is 40.5 Å². The van der Waals surface area contributed by atoms with Crippen molar-refractivity contribution in [1.29, 1.82) is 0 Å². The van der Waals surface area contributed by atoms with Crippen LogP contribution in [0.25, 0.3) is 0 Å². The second kappa shape index (κ2) is 6.47. The molecule has 0 saturated heterocycles. The summed E-state index contributed by atoms with van der Waals surface area (Å²) in [5, 5.41) is 16.0. The average Bonchev–Trinajstić information content (AvgIpc) is 1.35. The summed E-state index contributed by atoms with van der Waals surface area (Å²) in [6.07, 6.45) is 0.218. The molecule has 0 aliphatic rings. The molecule has 0 bridgehead atoms. The van der Waals surface area contributed by atoms with Crippen LogP contribution in [0.3, 0.4) is 0 Å². The van der Waals surface area contributed by atoms with Crippen LogP contribution in [0.2, 0.25) is 0 Å². The maximum Gasteiger partial charge on any atom is 0.158 e. The van der Waals surface area contributed by atoms with Gasteiger partial charge in [0.1, 0.15) is 0 Å². The Labute approximate surface area is 60.3 Å². The van der Waals surface area contributed by atoms with Gasteiger partial charge in [-0.05, 0) is 12.2 Å². The van der Waals surface area contributed by atoms with Gasteiger partial charge in [0.25, 0.3) is 0 Å². The summed E-state index contributed by atoms with van der Waals surface area (Å²) in [4.78, 5) is 0. The summed E-state index contributed by atoms with van der Waals surface area (Å²) in [5.41, 5.74) is 0. The van der Waals surface area contributed by atoms with Crippen molar-refractivity contribution in [3.8, 4) is 0 Å². The standard InChI is InChI=1S/C3H6O2S.Zn/c4-2-1-3(5)6;/h4H,1-2H2,(H,5,6);. The van der Waals surface area contributed by atoms with Gasteiger partial charge in [-0.3, -0.25) is 0 Å². The molecule has 0 spiro atoms. The van der Waals surface area contributed by atoms with Gasteiger partial charge in [0.2, 0.25) is 0 Å². The van der Waals surface area contributed by atoms with Crippen molar-refractivity contribution in [3.05, 3.63) is 0 Å². The second-order valence-electron chi connectivity index (χ2n) is 0.867. The molecular formula is C3H6O2SZn. The van der Waals surface area contributed by atoms with E-state index < -0.39 is 0 Å². The third-order valence-electron chi connectivity index (χ3n) is 0.326. The molecular weight excluding hydrogens is 165 g/mol. The first kappa shape index (κ1) is 10.5. The SMILES string of the molecule is OCCC(O)=S.[Zn]. The molecule has 4 heteroatoms. The van der Waals surface area contributed by atoms with Gasteiger partial charge in [0, 0.05) is 25.9 Å². The molecule has 0 unspecified atom stereocenters. The quantitative estimate of drug-likeness (QED) is 0.462. The molecule has 0 heterocycles. The van der Waals surface area contributed by atoms with E-state index in [1.807, 2.05) is 0 Å². The second-order valence-corrected chi connectivity index (χ2v) is 1.34. The summed E-state index contributed by atoms with van der Waals surface area (Å²) in [6.45, 7) is -0.0602. The Balaban J connectivity index is 0. The largest absolute Gasteiger partial charge is 0.502 e. The summed E-state index contributed by atoms with van der Waals surface area (Å²) in [6, 6.07) is 0. The van der Waals surface area contributed by atoms with E-state index in [-0.39, 0.29) is 37.6 Å². The molecule has 0 fully saturated rings. The van der Waals surface area contributed by atoms with Gasteiger partial charge >= 0.3 is 0 Å². The Morgan fingerprint density at radius 3 is 2.00 bits per heavy atom. The summed E-state index contributed by atoms with van der Waals surface area (Å²) < 4.78 is 0. The molecule has 38 valence electrons. The van der Waals surface area contributed by atoms with E-state index in [2.05, 4.69) is 12.2 Å². The first-order valence-corrected chi connectivity index (χ1v) is 2.01. The zero-order chi connectivity index (χ0) is 4.99. The van der Waals surface area contributed by atoms with Gasteiger partial charge in [-0.25, -0.2) is 0 Å². The minimum atomic E-state index is -0.127. The fourth-order valence-corrected chi connectivity index (χ4v) is 0.187. The van der Waals surface area contributed by atoms with Gasteiger partial charge in [0.05, 0.1) is 6.61 Å². The molecule has 7 heavy (non-hydrogen) atoms. The summed E-state index contributed by atoms with van der Waals surface area (Å²) in [5.74, 6) is 0. The van der Waals surface area contributed by atoms with E-state index in [9.17, 15) is 0 Å². The molecule has 0 aromatic heterocycles. The molecule has 0 amide bonds. The van der Waals surface area contributed by atoms with Crippen LogP contribution in [0.1, 0.15) is 6.42 Å². The van der Waals surface area contributed by atoms with Gasteiger partial charge in [0.15, 0.2) is 5.05 Å². The third kappa shape index (κ3) is 10.7. The molecule has 0 aliphatic carbocycles. The van der Waals surface area contributed by atoms with Gasteiger partial charge < -0.3 is 10.2 Å². The van der Waals surface area contributed by atoms with Crippen LogP contribution >= 0.6 is 12.2 Å². The van der Waals surface area contributed by atoms with E-state index >= 15 is 0 Å². The average molecular weight is 172 g/mol. The van der Waals surface area contributed by atoms with Gasteiger partial charge in [-0.1, -0.05) is 0 Å². The monoisotopic (exact) mass is 170 g/mol. The number of thiocarbonyl (C=S) groups is 1. The Bertz CT molecular complexity index is 56.9. The number of rotatable bonds is 2. The Morgan fingerprint density at radius 1 is 1.57 bits per heavy atom. The van der Waals surface area contributed by atoms with E-state index in [0.717, 1.165) is 0 Å². The fraction of sp³-hybridized carbons (Fsp3) is 0.667. The van der Waals surface area contributed by atoms with Crippen LogP contribution in [0, 0.1) is 0 Å². The molecule has 0 atom stereocenters. The van der Waals surface area contributed by atoms with Crippen LogP contribution in [0.4, 0.5) is 0 Å². The molecule has 0 aliphatic heterocycles. The molecule has 2 nitrogen and oxygen atoms in total. The van der Waals surface area contributed by atoms with E-state index in [1.54, 1.807) is 0 Å². The van der Waals surface area contributed by atoms with Crippen LogP contribution < -0.4 is 0 Å². The predicted octanol–water partition coefficient (Wildman–Crippen LogP) is 0.252. The molecule has 0 radical (unpaired) electrons. The molecule has 0 rings (SSSR count). The molecule has 0 aromatic rings. The van der Waals surface area contributed by atoms with Gasteiger partial charge in [-0.2, -0.15) is 0 Å². The first-order valence-electron chi connectivity index (χ1n) is 1.60. The summed E-state index contributed by atoms with van der Waals surface area (Å²) in [7, 11) is 0. The smallest absolute Gasteiger partial charge is 0.158 e. The normalized spacial score (nSPS) is 7.00.